The van der Waals surface area contributed by atoms with Crippen molar-refractivity contribution in [3.05, 3.63) is 46.3 Å². The van der Waals surface area contributed by atoms with Gasteiger partial charge in [-0.1, -0.05) is 12.1 Å². The molecular weight excluding hydrogens is 286 g/mol. The Hall–Kier alpha value is -1.66. The fourth-order valence-electron chi connectivity index (χ4n) is 2.73. The molecule has 21 heavy (non-hydrogen) atoms. The summed E-state index contributed by atoms with van der Waals surface area (Å²) in [6.07, 6.45) is 0.657. The molecule has 2 heterocycles. The molecule has 0 aliphatic carbocycles. The molecule has 0 spiro atoms. The maximum absolute atomic E-state index is 12.9. The van der Waals surface area contributed by atoms with E-state index >= 15 is 0 Å². The predicted octanol–water partition coefficient (Wildman–Crippen LogP) is 2.08. The van der Waals surface area contributed by atoms with E-state index in [0.29, 0.717) is 24.4 Å². The van der Waals surface area contributed by atoms with Gasteiger partial charge in [0.25, 0.3) is 0 Å². The lowest BCUT2D eigenvalue weighted by atomic mass is 10.1. The highest BCUT2D eigenvalue weighted by atomic mass is 32.2. The molecule has 1 aromatic heterocycles. The maximum atomic E-state index is 12.9. The Bertz CT molecular complexity index is 793. The summed E-state index contributed by atoms with van der Waals surface area (Å²) in [5, 5.41) is 7.17. The molecule has 1 N–H and O–H groups in total. The number of rotatable bonds is 2. The second-order valence-electron chi connectivity index (χ2n) is 5.63. The van der Waals surface area contributed by atoms with Crippen LogP contribution in [0.15, 0.2) is 23.1 Å². The summed E-state index contributed by atoms with van der Waals surface area (Å²) in [7, 11) is -3.46. The van der Waals surface area contributed by atoms with E-state index < -0.39 is 10.0 Å². The molecule has 0 saturated heterocycles. The van der Waals surface area contributed by atoms with Gasteiger partial charge in [0.05, 0.1) is 10.6 Å². The highest BCUT2D eigenvalue weighted by Crippen LogP contribution is 2.27. The van der Waals surface area contributed by atoms with Crippen LogP contribution in [0.2, 0.25) is 0 Å². The van der Waals surface area contributed by atoms with Crippen molar-refractivity contribution in [2.75, 3.05) is 6.54 Å². The van der Waals surface area contributed by atoms with Gasteiger partial charge in [-0.3, -0.25) is 5.10 Å². The van der Waals surface area contributed by atoms with Crippen LogP contribution in [0.1, 0.15) is 28.1 Å². The Balaban J connectivity index is 2.00. The second-order valence-corrected chi connectivity index (χ2v) is 7.54. The summed E-state index contributed by atoms with van der Waals surface area (Å²) in [5.74, 6) is 0. The third-order valence-electron chi connectivity index (χ3n) is 4.05. The largest absolute Gasteiger partial charge is 0.282 e. The number of aromatic nitrogens is 2. The SMILES string of the molecule is Cc1ccc(C)c(S(=O)(=O)N2CCc3n[nH]c(C)c3C2)c1. The predicted molar refractivity (Wildman–Crippen MR) is 80.5 cm³/mol. The van der Waals surface area contributed by atoms with Crippen molar-refractivity contribution in [3.8, 4) is 0 Å². The van der Waals surface area contributed by atoms with Gasteiger partial charge in [0.15, 0.2) is 0 Å². The summed E-state index contributed by atoms with van der Waals surface area (Å²) < 4.78 is 27.4. The van der Waals surface area contributed by atoms with Gasteiger partial charge in [0, 0.05) is 30.8 Å². The number of aryl methyl sites for hydroxylation is 3. The first-order chi connectivity index (χ1) is 9.89. The van der Waals surface area contributed by atoms with Crippen LogP contribution < -0.4 is 0 Å². The van der Waals surface area contributed by atoms with Crippen molar-refractivity contribution in [3.63, 3.8) is 0 Å². The topological polar surface area (TPSA) is 66.1 Å². The van der Waals surface area contributed by atoms with E-state index in [2.05, 4.69) is 10.2 Å². The van der Waals surface area contributed by atoms with Gasteiger partial charge in [-0.25, -0.2) is 8.42 Å². The molecule has 0 bridgehead atoms. The van der Waals surface area contributed by atoms with Crippen LogP contribution in [0.25, 0.3) is 0 Å². The fourth-order valence-corrected chi connectivity index (χ4v) is 4.45. The second kappa shape index (κ2) is 4.96. The third kappa shape index (κ3) is 2.38. The van der Waals surface area contributed by atoms with Gasteiger partial charge in [0.1, 0.15) is 0 Å². The minimum absolute atomic E-state index is 0.396. The number of H-pyrrole nitrogens is 1. The first-order valence-electron chi connectivity index (χ1n) is 6.99. The molecule has 1 aliphatic rings. The molecule has 112 valence electrons. The molecular formula is C15H19N3O2S. The van der Waals surface area contributed by atoms with Crippen LogP contribution in [0.3, 0.4) is 0 Å². The van der Waals surface area contributed by atoms with Crippen molar-refractivity contribution >= 4 is 10.0 Å². The van der Waals surface area contributed by atoms with Crippen molar-refractivity contribution < 1.29 is 8.42 Å². The number of hydrogen-bond donors (Lipinski definition) is 1. The summed E-state index contributed by atoms with van der Waals surface area (Å²) in [6, 6.07) is 5.55. The molecule has 0 radical (unpaired) electrons. The lowest BCUT2D eigenvalue weighted by molar-refractivity contribution is 0.389. The van der Waals surface area contributed by atoms with Crippen molar-refractivity contribution in [2.45, 2.75) is 38.6 Å². The normalized spacial score (nSPS) is 16.0. The van der Waals surface area contributed by atoms with Crippen LogP contribution in [0, 0.1) is 20.8 Å². The van der Waals surface area contributed by atoms with Gasteiger partial charge in [-0.15, -0.1) is 0 Å². The molecule has 1 aromatic carbocycles. The molecule has 0 atom stereocenters. The van der Waals surface area contributed by atoms with Crippen molar-refractivity contribution in [1.82, 2.24) is 14.5 Å². The number of aromatic amines is 1. The Kier molecular flexibility index (Phi) is 3.37. The first kappa shape index (κ1) is 14.3. The van der Waals surface area contributed by atoms with Gasteiger partial charge in [-0.2, -0.15) is 9.40 Å². The lowest BCUT2D eigenvalue weighted by Crippen LogP contribution is -2.36. The van der Waals surface area contributed by atoms with Crippen LogP contribution >= 0.6 is 0 Å². The van der Waals surface area contributed by atoms with Gasteiger partial charge in [-0.05, 0) is 38.0 Å². The molecule has 0 saturated carbocycles. The zero-order valence-corrected chi connectivity index (χ0v) is 13.3. The quantitative estimate of drug-likeness (QED) is 0.924. The van der Waals surface area contributed by atoms with E-state index in [1.165, 1.54) is 0 Å². The minimum atomic E-state index is -3.46. The smallest absolute Gasteiger partial charge is 0.243 e. The number of benzene rings is 1. The summed E-state index contributed by atoms with van der Waals surface area (Å²) in [5.41, 5.74) is 4.69. The number of fused-ring (bicyclic) bond motifs is 1. The number of hydrogen-bond acceptors (Lipinski definition) is 3. The van der Waals surface area contributed by atoms with Crippen LogP contribution in [-0.2, 0) is 23.0 Å². The summed E-state index contributed by atoms with van der Waals surface area (Å²) >= 11 is 0. The molecule has 6 heteroatoms. The molecule has 5 nitrogen and oxygen atoms in total. The van der Waals surface area contributed by atoms with Crippen molar-refractivity contribution in [2.24, 2.45) is 0 Å². The first-order valence-corrected chi connectivity index (χ1v) is 8.43. The van der Waals surface area contributed by atoms with Gasteiger partial charge >= 0.3 is 0 Å². The standard InChI is InChI=1S/C15H19N3O2S/c1-10-4-5-11(2)15(8-10)21(19,20)18-7-6-14-13(9-18)12(3)16-17-14/h4-5,8H,6-7,9H2,1-3H3,(H,16,17). The van der Waals surface area contributed by atoms with Crippen molar-refractivity contribution in [1.29, 1.82) is 0 Å². The third-order valence-corrected chi connectivity index (χ3v) is 6.04. The van der Waals surface area contributed by atoms with E-state index in [0.717, 1.165) is 28.1 Å². The maximum Gasteiger partial charge on any atom is 0.243 e. The van der Waals surface area contributed by atoms with E-state index in [1.54, 1.807) is 10.4 Å². The molecule has 1 aliphatic heterocycles. The lowest BCUT2D eigenvalue weighted by Gasteiger charge is -2.26. The Morgan fingerprint density at radius 3 is 2.76 bits per heavy atom. The van der Waals surface area contributed by atoms with Gasteiger partial charge in [0.2, 0.25) is 10.0 Å². The average Bonchev–Trinajstić information content (AvgIpc) is 2.82. The van der Waals surface area contributed by atoms with Crippen LogP contribution in [-0.4, -0.2) is 29.5 Å². The van der Waals surface area contributed by atoms with Crippen LogP contribution in [0.4, 0.5) is 0 Å². The zero-order chi connectivity index (χ0) is 15.2. The van der Waals surface area contributed by atoms with E-state index in [-0.39, 0.29) is 0 Å². The number of nitrogens with one attached hydrogen (secondary N) is 1. The number of sulfonamides is 1. The highest BCUT2D eigenvalue weighted by molar-refractivity contribution is 7.89. The monoisotopic (exact) mass is 305 g/mol. The molecule has 2 aromatic rings. The van der Waals surface area contributed by atoms with Gasteiger partial charge < -0.3 is 0 Å². The Morgan fingerprint density at radius 1 is 1.24 bits per heavy atom. The fraction of sp³-hybridized carbons (Fsp3) is 0.400. The minimum Gasteiger partial charge on any atom is -0.282 e. The van der Waals surface area contributed by atoms with E-state index in [4.69, 9.17) is 0 Å². The molecule has 0 unspecified atom stereocenters. The number of nitrogens with zero attached hydrogens (tertiary/aromatic N) is 2. The Morgan fingerprint density at radius 2 is 2.00 bits per heavy atom. The molecule has 3 rings (SSSR count). The molecule has 0 fully saturated rings. The zero-order valence-electron chi connectivity index (χ0n) is 12.5. The van der Waals surface area contributed by atoms with E-state index in [1.807, 2.05) is 32.9 Å². The van der Waals surface area contributed by atoms with E-state index in [9.17, 15) is 8.42 Å². The van der Waals surface area contributed by atoms with Crippen LogP contribution in [0.5, 0.6) is 0 Å². The summed E-state index contributed by atoms with van der Waals surface area (Å²) in [6.45, 7) is 6.55. The highest BCUT2D eigenvalue weighted by Gasteiger charge is 2.31. The Labute approximate surface area is 125 Å². The summed E-state index contributed by atoms with van der Waals surface area (Å²) in [4.78, 5) is 0.409. The molecule has 0 amide bonds. The average molecular weight is 305 g/mol.